The van der Waals surface area contributed by atoms with Crippen LogP contribution < -0.4 is 5.73 Å². The lowest BCUT2D eigenvalue weighted by Gasteiger charge is -2.06. The lowest BCUT2D eigenvalue weighted by Crippen LogP contribution is -1.95. The second kappa shape index (κ2) is 4.28. The number of nitrogens with two attached hydrogens (primary N) is 1. The minimum absolute atomic E-state index is 0.728. The first-order chi connectivity index (χ1) is 9.06. The Balaban J connectivity index is 2.34. The van der Waals surface area contributed by atoms with Gasteiger partial charge in [-0.3, -0.25) is 4.40 Å². The minimum Gasteiger partial charge on any atom is -0.398 e. The number of pyridine rings is 1. The highest BCUT2D eigenvalue weighted by Gasteiger charge is 2.12. The molecule has 2 N–H and O–H groups in total. The smallest absolute Gasteiger partial charge is 0.140 e. The van der Waals surface area contributed by atoms with Gasteiger partial charge in [-0.05, 0) is 37.6 Å². The standard InChI is InChI=1S/C15H14ClN3/c1-9-7-13(17)8-19-14(10(2)18-15(9)19)11-3-5-12(16)6-4-11/h3-8H,17H2,1-2H3. The van der Waals surface area contributed by atoms with Crippen LogP contribution in [0.4, 0.5) is 5.69 Å². The van der Waals surface area contributed by atoms with Crippen molar-refractivity contribution in [2.24, 2.45) is 0 Å². The van der Waals surface area contributed by atoms with Gasteiger partial charge in [0.1, 0.15) is 5.65 Å². The Hall–Kier alpha value is -2.00. The topological polar surface area (TPSA) is 43.3 Å². The Morgan fingerprint density at radius 3 is 2.53 bits per heavy atom. The van der Waals surface area contributed by atoms with Crippen LogP contribution in [0.1, 0.15) is 11.3 Å². The van der Waals surface area contributed by atoms with Crippen LogP contribution in [0.25, 0.3) is 16.9 Å². The van der Waals surface area contributed by atoms with Crippen molar-refractivity contribution in [2.75, 3.05) is 5.73 Å². The van der Waals surface area contributed by atoms with Crippen LogP contribution in [0.2, 0.25) is 5.02 Å². The van der Waals surface area contributed by atoms with E-state index in [0.29, 0.717) is 0 Å². The predicted molar refractivity (Wildman–Crippen MR) is 79.5 cm³/mol. The number of rotatable bonds is 1. The number of halogens is 1. The fraction of sp³-hybridized carbons (Fsp3) is 0.133. The molecule has 0 radical (unpaired) electrons. The molecular formula is C15H14ClN3. The number of fused-ring (bicyclic) bond motifs is 1. The number of benzene rings is 1. The van der Waals surface area contributed by atoms with E-state index in [-0.39, 0.29) is 0 Å². The largest absolute Gasteiger partial charge is 0.398 e. The average molecular weight is 272 g/mol. The summed E-state index contributed by atoms with van der Waals surface area (Å²) in [6.45, 7) is 4.02. The highest BCUT2D eigenvalue weighted by Crippen LogP contribution is 2.28. The van der Waals surface area contributed by atoms with E-state index in [2.05, 4.69) is 4.98 Å². The molecule has 19 heavy (non-hydrogen) atoms. The lowest BCUT2D eigenvalue weighted by atomic mass is 10.1. The molecule has 1 aromatic carbocycles. The molecule has 0 saturated carbocycles. The molecule has 0 aliphatic heterocycles. The molecule has 2 aromatic heterocycles. The molecule has 4 heteroatoms. The van der Waals surface area contributed by atoms with Crippen LogP contribution >= 0.6 is 11.6 Å². The van der Waals surface area contributed by atoms with Crippen LogP contribution in [0, 0.1) is 13.8 Å². The van der Waals surface area contributed by atoms with Gasteiger partial charge in [0, 0.05) is 22.5 Å². The van der Waals surface area contributed by atoms with Gasteiger partial charge in [0.15, 0.2) is 0 Å². The Kier molecular flexibility index (Phi) is 2.72. The van der Waals surface area contributed by atoms with Crippen LogP contribution in [-0.4, -0.2) is 9.38 Å². The summed E-state index contributed by atoms with van der Waals surface area (Å²) >= 11 is 5.94. The van der Waals surface area contributed by atoms with Gasteiger partial charge in [0.25, 0.3) is 0 Å². The Labute approximate surface area is 116 Å². The van der Waals surface area contributed by atoms with E-state index in [1.807, 2.05) is 54.8 Å². The van der Waals surface area contributed by atoms with E-state index in [0.717, 1.165) is 38.9 Å². The van der Waals surface area contributed by atoms with E-state index in [4.69, 9.17) is 17.3 Å². The molecule has 3 rings (SSSR count). The number of hydrogen-bond acceptors (Lipinski definition) is 2. The third-order valence-corrected chi connectivity index (χ3v) is 3.47. The van der Waals surface area contributed by atoms with Gasteiger partial charge in [-0.2, -0.15) is 0 Å². The van der Waals surface area contributed by atoms with Crippen molar-refractivity contribution in [2.45, 2.75) is 13.8 Å². The molecule has 3 nitrogen and oxygen atoms in total. The van der Waals surface area contributed by atoms with Gasteiger partial charge < -0.3 is 5.73 Å². The molecule has 2 heterocycles. The number of nitrogens with zero attached hydrogens (tertiary/aromatic N) is 2. The monoisotopic (exact) mass is 271 g/mol. The fourth-order valence-corrected chi connectivity index (χ4v) is 2.53. The van der Waals surface area contributed by atoms with Crippen LogP contribution in [-0.2, 0) is 0 Å². The number of aryl methyl sites for hydroxylation is 2. The third kappa shape index (κ3) is 1.96. The molecular weight excluding hydrogens is 258 g/mol. The zero-order valence-corrected chi connectivity index (χ0v) is 11.6. The molecule has 0 saturated heterocycles. The van der Waals surface area contributed by atoms with Crippen LogP contribution in [0.15, 0.2) is 36.5 Å². The summed E-state index contributed by atoms with van der Waals surface area (Å²) in [6.07, 6.45) is 1.91. The van der Waals surface area contributed by atoms with E-state index in [9.17, 15) is 0 Å². The first-order valence-corrected chi connectivity index (χ1v) is 6.45. The second-order valence-electron chi connectivity index (χ2n) is 4.70. The molecule has 0 atom stereocenters. The average Bonchev–Trinajstić information content (AvgIpc) is 2.67. The van der Waals surface area contributed by atoms with E-state index < -0.39 is 0 Å². The fourth-order valence-electron chi connectivity index (χ4n) is 2.41. The molecule has 0 aliphatic carbocycles. The number of hydrogen-bond donors (Lipinski definition) is 1. The van der Waals surface area contributed by atoms with Crippen molar-refractivity contribution in [3.05, 3.63) is 52.8 Å². The van der Waals surface area contributed by atoms with Gasteiger partial charge in [-0.25, -0.2) is 4.98 Å². The van der Waals surface area contributed by atoms with Crippen molar-refractivity contribution < 1.29 is 0 Å². The quantitative estimate of drug-likeness (QED) is 0.730. The van der Waals surface area contributed by atoms with E-state index in [1.54, 1.807) is 0 Å². The van der Waals surface area contributed by atoms with Crippen molar-refractivity contribution in [1.82, 2.24) is 9.38 Å². The summed E-state index contributed by atoms with van der Waals surface area (Å²) in [6, 6.07) is 9.70. The van der Waals surface area contributed by atoms with Gasteiger partial charge in [-0.1, -0.05) is 23.7 Å². The van der Waals surface area contributed by atoms with Gasteiger partial charge in [0.05, 0.1) is 11.4 Å². The molecule has 3 aromatic rings. The molecule has 0 unspecified atom stereocenters. The van der Waals surface area contributed by atoms with Crippen LogP contribution in [0.5, 0.6) is 0 Å². The summed E-state index contributed by atoms with van der Waals surface area (Å²) in [5.41, 5.74) is 11.8. The number of anilines is 1. The van der Waals surface area contributed by atoms with Crippen LogP contribution in [0.3, 0.4) is 0 Å². The predicted octanol–water partition coefficient (Wildman–Crippen LogP) is 3.85. The first kappa shape index (κ1) is 12.1. The maximum absolute atomic E-state index is 5.94. The summed E-state index contributed by atoms with van der Waals surface area (Å²) in [5.74, 6) is 0. The summed E-state index contributed by atoms with van der Waals surface area (Å²) < 4.78 is 2.04. The number of nitrogen functional groups attached to an aromatic ring is 1. The molecule has 0 amide bonds. The van der Waals surface area contributed by atoms with Crippen molar-refractivity contribution in [3.63, 3.8) is 0 Å². The minimum atomic E-state index is 0.728. The highest BCUT2D eigenvalue weighted by atomic mass is 35.5. The van der Waals surface area contributed by atoms with Crippen molar-refractivity contribution >= 4 is 22.9 Å². The maximum Gasteiger partial charge on any atom is 0.140 e. The number of aromatic nitrogens is 2. The van der Waals surface area contributed by atoms with Gasteiger partial charge >= 0.3 is 0 Å². The van der Waals surface area contributed by atoms with E-state index in [1.165, 1.54) is 0 Å². The molecule has 96 valence electrons. The Bertz CT molecular complexity index is 757. The highest BCUT2D eigenvalue weighted by molar-refractivity contribution is 6.30. The lowest BCUT2D eigenvalue weighted by molar-refractivity contribution is 1.17. The van der Waals surface area contributed by atoms with Crippen molar-refractivity contribution in [1.29, 1.82) is 0 Å². The summed E-state index contributed by atoms with van der Waals surface area (Å²) in [7, 11) is 0. The van der Waals surface area contributed by atoms with E-state index >= 15 is 0 Å². The van der Waals surface area contributed by atoms with Gasteiger partial charge in [0.2, 0.25) is 0 Å². The summed E-state index contributed by atoms with van der Waals surface area (Å²) in [4.78, 5) is 4.63. The molecule has 0 bridgehead atoms. The SMILES string of the molecule is Cc1nc2c(C)cc(N)cn2c1-c1ccc(Cl)cc1. The first-order valence-electron chi connectivity index (χ1n) is 6.07. The Morgan fingerprint density at radius 1 is 1.16 bits per heavy atom. The van der Waals surface area contributed by atoms with Crippen molar-refractivity contribution in [3.8, 4) is 11.3 Å². The molecule has 0 aliphatic rings. The zero-order valence-electron chi connectivity index (χ0n) is 10.8. The normalized spacial score (nSPS) is 11.1. The zero-order chi connectivity index (χ0) is 13.6. The number of imidazole rings is 1. The molecule has 0 fully saturated rings. The summed E-state index contributed by atoms with van der Waals surface area (Å²) in [5, 5.41) is 0.728. The second-order valence-corrected chi connectivity index (χ2v) is 5.14. The van der Waals surface area contributed by atoms with Gasteiger partial charge in [-0.15, -0.1) is 0 Å². The maximum atomic E-state index is 5.94. The molecule has 0 spiro atoms. The third-order valence-electron chi connectivity index (χ3n) is 3.22. The Morgan fingerprint density at radius 2 is 1.84 bits per heavy atom.